The summed E-state index contributed by atoms with van der Waals surface area (Å²) in [5.74, 6) is -0.957. The molecule has 0 aromatic heterocycles. The van der Waals surface area contributed by atoms with E-state index in [1.807, 2.05) is 30.3 Å². The third kappa shape index (κ3) is 4.56. The van der Waals surface area contributed by atoms with Gasteiger partial charge in [0.15, 0.2) is 0 Å². The van der Waals surface area contributed by atoms with E-state index in [-0.39, 0.29) is 5.57 Å². The standard InChI is InChI=1S/C16H11FIN3O/c17-12-1-5-15(6-2-12)21-16(22)11(9-19)10-20-14-7-3-13(18)4-8-14/h1-8,10,20H,(H,21,22)/b11-10-. The Morgan fingerprint density at radius 1 is 1.09 bits per heavy atom. The Labute approximate surface area is 140 Å². The summed E-state index contributed by atoms with van der Waals surface area (Å²) in [6, 6.07) is 14.6. The van der Waals surface area contributed by atoms with Crippen LogP contribution in [0.15, 0.2) is 60.3 Å². The largest absolute Gasteiger partial charge is 0.360 e. The van der Waals surface area contributed by atoms with E-state index in [0.717, 1.165) is 9.26 Å². The first-order valence-electron chi connectivity index (χ1n) is 6.28. The molecule has 1 amide bonds. The lowest BCUT2D eigenvalue weighted by Crippen LogP contribution is -2.14. The number of amides is 1. The highest BCUT2D eigenvalue weighted by atomic mass is 127. The van der Waals surface area contributed by atoms with Crippen molar-refractivity contribution in [2.24, 2.45) is 0 Å². The molecule has 6 heteroatoms. The SMILES string of the molecule is N#C/C(=C/Nc1ccc(I)cc1)C(=O)Nc1ccc(F)cc1. The van der Waals surface area contributed by atoms with Crippen LogP contribution < -0.4 is 10.6 Å². The number of rotatable bonds is 4. The minimum atomic E-state index is -0.563. The van der Waals surface area contributed by atoms with Crippen molar-refractivity contribution >= 4 is 39.9 Å². The summed E-state index contributed by atoms with van der Waals surface area (Å²) in [6.07, 6.45) is 1.33. The van der Waals surface area contributed by atoms with Gasteiger partial charge in [0.2, 0.25) is 0 Å². The van der Waals surface area contributed by atoms with Crippen LogP contribution in [0, 0.1) is 20.7 Å². The Hall–Kier alpha value is -2.40. The molecular formula is C16H11FIN3O. The molecule has 0 radical (unpaired) electrons. The van der Waals surface area contributed by atoms with Crippen molar-refractivity contribution in [3.05, 3.63) is 69.7 Å². The number of anilines is 2. The Bertz CT molecular complexity index is 733. The van der Waals surface area contributed by atoms with Gasteiger partial charge in [-0.25, -0.2) is 4.39 Å². The molecule has 0 aliphatic rings. The van der Waals surface area contributed by atoms with Crippen LogP contribution in [0.25, 0.3) is 0 Å². The lowest BCUT2D eigenvalue weighted by atomic mass is 10.2. The minimum absolute atomic E-state index is 0.0807. The fourth-order valence-corrected chi connectivity index (χ4v) is 1.94. The number of hydrogen-bond donors (Lipinski definition) is 2. The molecule has 0 heterocycles. The van der Waals surface area contributed by atoms with Crippen LogP contribution in [-0.2, 0) is 4.79 Å². The number of carbonyl (C=O) groups is 1. The van der Waals surface area contributed by atoms with E-state index in [4.69, 9.17) is 5.26 Å². The first-order chi connectivity index (χ1) is 10.6. The van der Waals surface area contributed by atoms with E-state index in [1.165, 1.54) is 30.5 Å². The molecular weight excluding hydrogens is 396 g/mol. The Morgan fingerprint density at radius 3 is 2.27 bits per heavy atom. The highest BCUT2D eigenvalue weighted by Gasteiger charge is 2.09. The van der Waals surface area contributed by atoms with Crippen molar-refractivity contribution in [3.63, 3.8) is 0 Å². The summed E-state index contributed by atoms with van der Waals surface area (Å²) in [7, 11) is 0. The molecule has 2 rings (SSSR count). The number of nitriles is 1. The zero-order valence-electron chi connectivity index (χ0n) is 11.3. The first kappa shape index (κ1) is 16.0. The predicted molar refractivity (Wildman–Crippen MR) is 91.5 cm³/mol. The number of halogens is 2. The number of hydrogen-bond acceptors (Lipinski definition) is 3. The van der Waals surface area contributed by atoms with Gasteiger partial charge in [0.05, 0.1) is 0 Å². The molecule has 22 heavy (non-hydrogen) atoms. The normalized spacial score (nSPS) is 10.7. The van der Waals surface area contributed by atoms with Gasteiger partial charge in [-0.05, 0) is 71.1 Å². The average Bonchev–Trinajstić information content (AvgIpc) is 2.52. The fraction of sp³-hybridized carbons (Fsp3) is 0. The topological polar surface area (TPSA) is 64.9 Å². The van der Waals surface area contributed by atoms with Gasteiger partial charge in [0, 0.05) is 21.1 Å². The molecule has 0 saturated carbocycles. The molecule has 2 aromatic carbocycles. The molecule has 0 spiro atoms. The molecule has 110 valence electrons. The maximum atomic E-state index is 12.8. The molecule has 0 aliphatic carbocycles. The summed E-state index contributed by atoms with van der Waals surface area (Å²) in [6.45, 7) is 0. The van der Waals surface area contributed by atoms with Crippen molar-refractivity contribution < 1.29 is 9.18 Å². The van der Waals surface area contributed by atoms with Gasteiger partial charge in [0.25, 0.3) is 5.91 Å². The van der Waals surface area contributed by atoms with Gasteiger partial charge in [-0.1, -0.05) is 0 Å². The molecule has 0 atom stereocenters. The van der Waals surface area contributed by atoms with E-state index in [1.54, 1.807) is 0 Å². The molecule has 0 fully saturated rings. The highest BCUT2D eigenvalue weighted by Crippen LogP contribution is 2.13. The number of nitrogens with one attached hydrogen (secondary N) is 2. The second-order valence-corrected chi connectivity index (χ2v) is 5.53. The van der Waals surface area contributed by atoms with Crippen LogP contribution in [0.3, 0.4) is 0 Å². The molecule has 0 bridgehead atoms. The van der Waals surface area contributed by atoms with Crippen LogP contribution in [0.5, 0.6) is 0 Å². The number of carbonyl (C=O) groups excluding carboxylic acids is 1. The van der Waals surface area contributed by atoms with Crippen LogP contribution in [0.2, 0.25) is 0 Å². The smallest absolute Gasteiger partial charge is 0.267 e. The monoisotopic (exact) mass is 407 g/mol. The van der Waals surface area contributed by atoms with Crippen LogP contribution >= 0.6 is 22.6 Å². The molecule has 0 saturated heterocycles. The number of benzene rings is 2. The van der Waals surface area contributed by atoms with E-state index >= 15 is 0 Å². The lowest BCUT2D eigenvalue weighted by molar-refractivity contribution is -0.112. The van der Waals surface area contributed by atoms with Crippen LogP contribution in [0.1, 0.15) is 0 Å². The summed E-state index contributed by atoms with van der Waals surface area (Å²) in [5.41, 5.74) is 1.10. The third-order valence-electron chi connectivity index (χ3n) is 2.69. The van der Waals surface area contributed by atoms with Crippen molar-refractivity contribution in [3.8, 4) is 6.07 Å². The highest BCUT2D eigenvalue weighted by molar-refractivity contribution is 14.1. The zero-order valence-corrected chi connectivity index (χ0v) is 13.5. The summed E-state index contributed by atoms with van der Waals surface area (Å²) >= 11 is 2.18. The van der Waals surface area contributed by atoms with Gasteiger partial charge >= 0.3 is 0 Å². The van der Waals surface area contributed by atoms with E-state index in [0.29, 0.717) is 5.69 Å². The predicted octanol–water partition coefficient (Wildman–Crippen LogP) is 3.89. The molecule has 0 aliphatic heterocycles. The van der Waals surface area contributed by atoms with Crippen molar-refractivity contribution in [2.75, 3.05) is 10.6 Å². The Balaban J connectivity index is 2.05. The Morgan fingerprint density at radius 2 is 1.68 bits per heavy atom. The van der Waals surface area contributed by atoms with Crippen LogP contribution in [-0.4, -0.2) is 5.91 Å². The minimum Gasteiger partial charge on any atom is -0.360 e. The summed E-state index contributed by atoms with van der Waals surface area (Å²) in [5, 5.41) is 14.5. The van der Waals surface area contributed by atoms with Gasteiger partial charge in [-0.15, -0.1) is 0 Å². The van der Waals surface area contributed by atoms with Crippen LogP contribution in [0.4, 0.5) is 15.8 Å². The molecule has 0 unspecified atom stereocenters. The molecule has 2 aromatic rings. The van der Waals surface area contributed by atoms with E-state index in [2.05, 4.69) is 33.2 Å². The second-order valence-electron chi connectivity index (χ2n) is 4.28. The van der Waals surface area contributed by atoms with Gasteiger partial charge in [-0.2, -0.15) is 5.26 Å². The van der Waals surface area contributed by atoms with Crippen molar-refractivity contribution in [1.82, 2.24) is 0 Å². The average molecular weight is 407 g/mol. The summed E-state index contributed by atoms with van der Waals surface area (Å²) < 4.78 is 13.9. The van der Waals surface area contributed by atoms with Crippen molar-refractivity contribution in [2.45, 2.75) is 0 Å². The maximum Gasteiger partial charge on any atom is 0.267 e. The maximum absolute atomic E-state index is 12.8. The fourth-order valence-electron chi connectivity index (χ4n) is 1.58. The van der Waals surface area contributed by atoms with Gasteiger partial charge < -0.3 is 10.6 Å². The van der Waals surface area contributed by atoms with E-state index in [9.17, 15) is 9.18 Å². The number of nitrogens with zero attached hydrogens (tertiary/aromatic N) is 1. The zero-order chi connectivity index (χ0) is 15.9. The molecule has 2 N–H and O–H groups in total. The summed E-state index contributed by atoms with van der Waals surface area (Å²) in [4.78, 5) is 12.0. The first-order valence-corrected chi connectivity index (χ1v) is 7.35. The second kappa shape index (κ2) is 7.56. The quantitative estimate of drug-likeness (QED) is 0.459. The van der Waals surface area contributed by atoms with Crippen molar-refractivity contribution in [1.29, 1.82) is 5.26 Å². The lowest BCUT2D eigenvalue weighted by Gasteiger charge is -2.05. The van der Waals surface area contributed by atoms with E-state index < -0.39 is 11.7 Å². The van der Waals surface area contributed by atoms with Gasteiger partial charge in [-0.3, -0.25) is 4.79 Å². The third-order valence-corrected chi connectivity index (χ3v) is 3.41. The van der Waals surface area contributed by atoms with Gasteiger partial charge in [0.1, 0.15) is 17.5 Å². The Kier molecular flexibility index (Phi) is 5.49. The molecule has 4 nitrogen and oxygen atoms in total.